The molecule has 0 unspecified atom stereocenters. The highest BCUT2D eigenvalue weighted by Gasteiger charge is 2.16. The number of esters is 1. The van der Waals surface area contributed by atoms with Crippen LogP contribution in [0.3, 0.4) is 0 Å². The van der Waals surface area contributed by atoms with Gasteiger partial charge in [0.25, 0.3) is 0 Å². The summed E-state index contributed by atoms with van der Waals surface area (Å²) in [6, 6.07) is 0. The van der Waals surface area contributed by atoms with Crippen molar-refractivity contribution in [3.63, 3.8) is 0 Å². The van der Waals surface area contributed by atoms with Crippen molar-refractivity contribution in [2.75, 3.05) is 13.7 Å². The van der Waals surface area contributed by atoms with E-state index in [0.29, 0.717) is 5.57 Å². The molecule has 14 heavy (non-hydrogen) atoms. The van der Waals surface area contributed by atoms with Crippen molar-refractivity contribution < 1.29 is 14.6 Å². The zero-order valence-electron chi connectivity index (χ0n) is 8.71. The molecule has 1 aliphatic rings. The zero-order valence-corrected chi connectivity index (χ0v) is 8.71. The first-order chi connectivity index (χ1) is 6.79. The topological polar surface area (TPSA) is 46.5 Å². The molecular formula is C11H18O3. The van der Waals surface area contributed by atoms with Gasteiger partial charge in [-0.25, -0.2) is 4.79 Å². The predicted octanol–water partition coefficient (Wildman–Crippen LogP) is 1.80. The van der Waals surface area contributed by atoms with Gasteiger partial charge in [-0.1, -0.05) is 18.4 Å². The maximum atomic E-state index is 11.3. The van der Waals surface area contributed by atoms with Crippen LogP contribution >= 0.6 is 0 Å². The van der Waals surface area contributed by atoms with Gasteiger partial charge in [0, 0.05) is 0 Å². The highest BCUT2D eigenvalue weighted by atomic mass is 16.5. The average molecular weight is 198 g/mol. The molecule has 80 valence electrons. The summed E-state index contributed by atoms with van der Waals surface area (Å²) in [6.45, 7) is -0.192. The summed E-state index contributed by atoms with van der Waals surface area (Å²) < 4.78 is 4.64. The number of carbonyl (C=O) groups is 1. The number of allylic oxidation sites excluding steroid dienone is 1. The van der Waals surface area contributed by atoms with Crippen LogP contribution in [0.5, 0.6) is 0 Å². The van der Waals surface area contributed by atoms with Gasteiger partial charge in [0.05, 0.1) is 19.3 Å². The van der Waals surface area contributed by atoms with Crippen molar-refractivity contribution in [2.24, 2.45) is 0 Å². The van der Waals surface area contributed by atoms with Gasteiger partial charge >= 0.3 is 5.97 Å². The molecular weight excluding hydrogens is 180 g/mol. The molecule has 0 bridgehead atoms. The van der Waals surface area contributed by atoms with Crippen LogP contribution in [0.1, 0.15) is 38.5 Å². The summed E-state index contributed by atoms with van der Waals surface area (Å²) in [4.78, 5) is 11.3. The average Bonchev–Trinajstić information content (AvgIpc) is 2.47. The molecule has 1 rings (SSSR count). The van der Waals surface area contributed by atoms with Crippen molar-refractivity contribution in [1.29, 1.82) is 0 Å². The Bertz CT molecular complexity index is 221. The molecule has 0 aromatic rings. The third kappa shape index (κ3) is 2.84. The molecule has 1 aliphatic carbocycles. The van der Waals surface area contributed by atoms with E-state index >= 15 is 0 Å². The molecule has 0 heterocycles. The van der Waals surface area contributed by atoms with Crippen LogP contribution in [-0.4, -0.2) is 24.8 Å². The standard InChI is InChI=1S/C11H18O3/c1-14-11(13)10(8-12)9-6-4-2-3-5-7-9/h12H,2-8H2,1H3. The first-order valence-electron chi connectivity index (χ1n) is 5.19. The lowest BCUT2D eigenvalue weighted by molar-refractivity contribution is -0.136. The molecule has 0 aromatic carbocycles. The third-order valence-electron chi connectivity index (χ3n) is 2.72. The molecule has 3 nitrogen and oxygen atoms in total. The molecule has 0 spiro atoms. The molecule has 0 radical (unpaired) electrons. The van der Waals surface area contributed by atoms with E-state index in [9.17, 15) is 4.79 Å². The second-order valence-corrected chi connectivity index (χ2v) is 3.65. The van der Waals surface area contributed by atoms with E-state index in [4.69, 9.17) is 5.11 Å². The molecule has 0 aliphatic heterocycles. The third-order valence-corrected chi connectivity index (χ3v) is 2.72. The van der Waals surface area contributed by atoms with E-state index in [1.807, 2.05) is 0 Å². The smallest absolute Gasteiger partial charge is 0.336 e. The fourth-order valence-electron chi connectivity index (χ4n) is 1.90. The van der Waals surface area contributed by atoms with Crippen LogP contribution in [0.4, 0.5) is 0 Å². The fraction of sp³-hybridized carbons (Fsp3) is 0.727. The maximum Gasteiger partial charge on any atom is 0.336 e. The van der Waals surface area contributed by atoms with E-state index < -0.39 is 0 Å². The second-order valence-electron chi connectivity index (χ2n) is 3.65. The number of methoxy groups -OCH3 is 1. The Hall–Kier alpha value is -0.830. The molecule has 0 amide bonds. The molecule has 3 heteroatoms. The Morgan fingerprint density at radius 2 is 1.86 bits per heavy atom. The number of carbonyl (C=O) groups excluding carboxylic acids is 1. The quantitative estimate of drug-likeness (QED) is 0.418. The molecule has 1 fully saturated rings. The summed E-state index contributed by atoms with van der Waals surface area (Å²) in [6.07, 6.45) is 6.56. The van der Waals surface area contributed by atoms with Crippen molar-refractivity contribution in [3.8, 4) is 0 Å². The monoisotopic (exact) mass is 198 g/mol. The van der Waals surface area contributed by atoms with Gasteiger partial charge in [0.15, 0.2) is 0 Å². The number of aliphatic hydroxyl groups is 1. The maximum absolute atomic E-state index is 11.3. The molecule has 0 saturated heterocycles. The van der Waals surface area contributed by atoms with Crippen molar-refractivity contribution in [2.45, 2.75) is 38.5 Å². The Morgan fingerprint density at radius 3 is 2.29 bits per heavy atom. The van der Waals surface area contributed by atoms with Crippen molar-refractivity contribution in [1.82, 2.24) is 0 Å². The Balaban J connectivity index is 2.78. The SMILES string of the molecule is COC(=O)C(CO)=C1CCCCCC1. The van der Waals surface area contributed by atoms with E-state index in [1.54, 1.807) is 0 Å². The van der Waals surface area contributed by atoms with Crippen molar-refractivity contribution >= 4 is 5.97 Å². The van der Waals surface area contributed by atoms with Gasteiger partial charge in [-0.15, -0.1) is 0 Å². The minimum Gasteiger partial charge on any atom is -0.466 e. The second kappa shape index (κ2) is 5.81. The summed E-state index contributed by atoms with van der Waals surface area (Å²) >= 11 is 0. The predicted molar refractivity (Wildman–Crippen MR) is 53.8 cm³/mol. The minimum atomic E-state index is -0.371. The first-order valence-corrected chi connectivity index (χ1v) is 5.19. The van der Waals surface area contributed by atoms with Crippen LogP contribution in [0.15, 0.2) is 11.1 Å². The summed E-state index contributed by atoms with van der Waals surface area (Å²) in [5, 5.41) is 9.11. The largest absolute Gasteiger partial charge is 0.466 e. The van der Waals surface area contributed by atoms with E-state index in [-0.39, 0.29) is 12.6 Å². The molecule has 1 N–H and O–H groups in total. The van der Waals surface area contributed by atoms with Crippen LogP contribution < -0.4 is 0 Å². The highest BCUT2D eigenvalue weighted by molar-refractivity contribution is 5.89. The normalized spacial score (nSPS) is 17.4. The van der Waals surface area contributed by atoms with Gasteiger partial charge in [-0.2, -0.15) is 0 Å². The summed E-state index contributed by atoms with van der Waals surface area (Å²) in [7, 11) is 1.36. The van der Waals surface area contributed by atoms with Crippen LogP contribution in [0.25, 0.3) is 0 Å². The minimum absolute atomic E-state index is 0.192. The van der Waals surface area contributed by atoms with E-state index in [2.05, 4.69) is 4.74 Å². The van der Waals surface area contributed by atoms with Gasteiger partial charge in [-0.05, 0) is 25.7 Å². The zero-order chi connectivity index (χ0) is 10.4. The van der Waals surface area contributed by atoms with Crippen LogP contribution in [-0.2, 0) is 9.53 Å². The van der Waals surface area contributed by atoms with Crippen molar-refractivity contribution in [3.05, 3.63) is 11.1 Å². The fourth-order valence-corrected chi connectivity index (χ4v) is 1.90. The molecule has 0 aromatic heterocycles. The lowest BCUT2D eigenvalue weighted by Crippen LogP contribution is -2.11. The number of ether oxygens (including phenoxy) is 1. The summed E-state index contributed by atoms with van der Waals surface area (Å²) in [5.41, 5.74) is 1.58. The number of hydrogen-bond donors (Lipinski definition) is 1. The van der Waals surface area contributed by atoms with Crippen LogP contribution in [0.2, 0.25) is 0 Å². The van der Waals surface area contributed by atoms with Crippen LogP contribution in [0, 0.1) is 0 Å². The Labute approximate surface area is 84.8 Å². The Morgan fingerprint density at radius 1 is 1.29 bits per heavy atom. The highest BCUT2D eigenvalue weighted by Crippen LogP contribution is 2.25. The Kier molecular flexibility index (Phi) is 4.66. The van der Waals surface area contributed by atoms with Gasteiger partial charge in [0.1, 0.15) is 0 Å². The van der Waals surface area contributed by atoms with Gasteiger partial charge in [-0.3, -0.25) is 0 Å². The number of hydrogen-bond acceptors (Lipinski definition) is 3. The van der Waals surface area contributed by atoms with Gasteiger partial charge < -0.3 is 9.84 Å². The summed E-state index contributed by atoms with van der Waals surface area (Å²) in [5.74, 6) is -0.371. The molecule has 0 atom stereocenters. The van der Waals surface area contributed by atoms with Gasteiger partial charge in [0.2, 0.25) is 0 Å². The number of rotatable bonds is 2. The lowest BCUT2D eigenvalue weighted by atomic mass is 10.0. The van der Waals surface area contributed by atoms with E-state index in [0.717, 1.165) is 31.3 Å². The first kappa shape index (κ1) is 11.2. The number of aliphatic hydroxyl groups excluding tert-OH is 1. The lowest BCUT2D eigenvalue weighted by Gasteiger charge is -2.09. The van der Waals surface area contributed by atoms with E-state index in [1.165, 1.54) is 20.0 Å². The molecule has 1 saturated carbocycles.